The number of fused-ring (bicyclic) bond motifs is 1. The number of carbonyl (C=O) groups is 1. The second-order valence-corrected chi connectivity index (χ2v) is 7.36. The first kappa shape index (κ1) is 18.4. The fourth-order valence-electron chi connectivity index (χ4n) is 3.73. The average molecular weight is 379 g/mol. The van der Waals surface area contributed by atoms with Crippen LogP contribution < -0.4 is 4.74 Å². The highest BCUT2D eigenvalue weighted by atomic mass is 16.5. The Morgan fingerprint density at radius 2 is 1.93 bits per heavy atom. The highest BCUT2D eigenvalue weighted by Gasteiger charge is 2.26. The van der Waals surface area contributed by atoms with Crippen molar-refractivity contribution in [2.75, 3.05) is 20.2 Å². The maximum absolute atomic E-state index is 12.8. The van der Waals surface area contributed by atoms with E-state index in [4.69, 9.17) is 4.74 Å². The quantitative estimate of drug-likeness (QED) is 0.682. The largest absolute Gasteiger partial charge is 0.497 e. The second-order valence-electron chi connectivity index (χ2n) is 7.36. The number of aromatic nitrogens is 4. The molecule has 3 aromatic rings. The lowest BCUT2D eigenvalue weighted by Crippen LogP contribution is -2.39. The van der Waals surface area contributed by atoms with Crippen LogP contribution in [0.15, 0.2) is 36.5 Å². The van der Waals surface area contributed by atoms with Gasteiger partial charge in [-0.2, -0.15) is 4.98 Å². The third kappa shape index (κ3) is 3.83. The molecule has 1 aliphatic rings. The van der Waals surface area contributed by atoms with Gasteiger partial charge in [-0.3, -0.25) is 4.79 Å². The summed E-state index contributed by atoms with van der Waals surface area (Å²) in [6, 6.07) is 10.1. The smallest absolute Gasteiger partial charge is 0.293 e. The van der Waals surface area contributed by atoms with Crippen molar-refractivity contribution < 1.29 is 9.53 Å². The van der Waals surface area contributed by atoms with Gasteiger partial charge in [-0.1, -0.05) is 12.1 Å². The first-order chi connectivity index (χ1) is 13.6. The van der Waals surface area contributed by atoms with E-state index in [0.717, 1.165) is 50.2 Å². The van der Waals surface area contributed by atoms with Crippen LogP contribution >= 0.6 is 0 Å². The van der Waals surface area contributed by atoms with E-state index in [1.54, 1.807) is 17.8 Å². The number of piperidine rings is 1. The van der Waals surface area contributed by atoms with Gasteiger partial charge >= 0.3 is 0 Å². The molecule has 1 amide bonds. The lowest BCUT2D eigenvalue weighted by molar-refractivity contribution is 0.0675. The van der Waals surface area contributed by atoms with Crippen LogP contribution in [0, 0.1) is 12.8 Å². The van der Waals surface area contributed by atoms with Crippen molar-refractivity contribution in [1.82, 2.24) is 24.5 Å². The summed E-state index contributed by atoms with van der Waals surface area (Å²) in [5, 5.41) is 4.34. The number of hydrogen-bond donors (Lipinski definition) is 0. The van der Waals surface area contributed by atoms with E-state index in [1.807, 2.05) is 30.0 Å². The van der Waals surface area contributed by atoms with Gasteiger partial charge in [0.1, 0.15) is 5.75 Å². The summed E-state index contributed by atoms with van der Waals surface area (Å²) in [4.78, 5) is 23.1. The van der Waals surface area contributed by atoms with Crippen LogP contribution in [0.25, 0.3) is 5.78 Å². The van der Waals surface area contributed by atoms with Crippen LogP contribution in [0.4, 0.5) is 0 Å². The van der Waals surface area contributed by atoms with Gasteiger partial charge in [-0.15, -0.1) is 5.10 Å². The number of benzene rings is 1. The van der Waals surface area contributed by atoms with Crippen molar-refractivity contribution >= 4 is 11.7 Å². The van der Waals surface area contributed by atoms with Crippen LogP contribution in [0.3, 0.4) is 0 Å². The SMILES string of the molecule is COc1ccc(CCC2CCN(C(=O)c3nc4nccc(C)n4n3)CC2)cc1. The highest BCUT2D eigenvalue weighted by Crippen LogP contribution is 2.24. The molecule has 1 aromatic carbocycles. The lowest BCUT2D eigenvalue weighted by atomic mass is 9.90. The second kappa shape index (κ2) is 7.96. The maximum atomic E-state index is 12.8. The number of ether oxygens (including phenoxy) is 1. The Balaban J connectivity index is 1.31. The summed E-state index contributed by atoms with van der Waals surface area (Å²) in [6.45, 7) is 3.44. The fourth-order valence-corrected chi connectivity index (χ4v) is 3.73. The lowest BCUT2D eigenvalue weighted by Gasteiger charge is -2.31. The van der Waals surface area contributed by atoms with Gasteiger partial charge in [0.15, 0.2) is 0 Å². The molecule has 1 aliphatic heterocycles. The molecule has 0 bridgehead atoms. The number of amides is 1. The minimum atomic E-state index is -0.0986. The molecule has 3 heterocycles. The predicted octanol–water partition coefficient (Wildman–Crippen LogP) is 2.93. The maximum Gasteiger partial charge on any atom is 0.293 e. The fraction of sp³-hybridized carbons (Fsp3) is 0.429. The van der Waals surface area contributed by atoms with E-state index < -0.39 is 0 Å². The van der Waals surface area contributed by atoms with Gasteiger partial charge in [0.2, 0.25) is 5.82 Å². The van der Waals surface area contributed by atoms with Crippen LogP contribution in [0.2, 0.25) is 0 Å². The molecule has 0 unspecified atom stereocenters. The molecule has 0 radical (unpaired) electrons. The predicted molar refractivity (Wildman–Crippen MR) is 105 cm³/mol. The topological polar surface area (TPSA) is 72.6 Å². The number of aryl methyl sites for hydroxylation is 2. The normalized spacial score (nSPS) is 15.1. The molecule has 0 aliphatic carbocycles. The van der Waals surface area contributed by atoms with Gasteiger partial charge in [0.25, 0.3) is 11.7 Å². The first-order valence-corrected chi connectivity index (χ1v) is 9.74. The van der Waals surface area contributed by atoms with Crippen molar-refractivity contribution in [2.24, 2.45) is 5.92 Å². The van der Waals surface area contributed by atoms with Crippen molar-refractivity contribution in [3.63, 3.8) is 0 Å². The first-order valence-electron chi connectivity index (χ1n) is 9.74. The van der Waals surface area contributed by atoms with Gasteiger partial charge < -0.3 is 9.64 Å². The van der Waals surface area contributed by atoms with Gasteiger partial charge in [0, 0.05) is 25.0 Å². The van der Waals surface area contributed by atoms with E-state index >= 15 is 0 Å². The van der Waals surface area contributed by atoms with Crippen LogP contribution in [0.1, 0.15) is 41.1 Å². The van der Waals surface area contributed by atoms with Gasteiger partial charge in [0.05, 0.1) is 7.11 Å². The zero-order chi connectivity index (χ0) is 19.5. The molecule has 1 saturated heterocycles. The molecule has 0 atom stereocenters. The Bertz CT molecular complexity index is 959. The molecule has 2 aromatic heterocycles. The molecule has 146 valence electrons. The standard InChI is InChI=1S/C21H25N5O2/c1-15-9-12-22-21-23-19(24-26(15)21)20(27)25-13-10-17(11-14-25)4-3-16-5-7-18(28-2)8-6-16/h5-9,12,17H,3-4,10-11,13-14H2,1-2H3. The minimum absolute atomic E-state index is 0.0986. The number of rotatable bonds is 5. The number of likely N-dealkylation sites (tertiary alicyclic amines) is 1. The Kier molecular flexibility index (Phi) is 5.23. The summed E-state index contributed by atoms with van der Waals surface area (Å²) in [5.74, 6) is 2.14. The van der Waals surface area contributed by atoms with Crippen molar-refractivity contribution in [3.8, 4) is 5.75 Å². The Morgan fingerprint density at radius 3 is 2.61 bits per heavy atom. The highest BCUT2D eigenvalue weighted by molar-refractivity contribution is 5.90. The molecular weight excluding hydrogens is 354 g/mol. The summed E-state index contributed by atoms with van der Waals surface area (Å²) >= 11 is 0. The van der Waals surface area contributed by atoms with E-state index in [2.05, 4.69) is 27.2 Å². The van der Waals surface area contributed by atoms with Crippen molar-refractivity contribution in [1.29, 1.82) is 0 Å². The molecule has 4 rings (SSSR count). The number of nitrogens with zero attached hydrogens (tertiary/aromatic N) is 5. The molecule has 7 nitrogen and oxygen atoms in total. The summed E-state index contributed by atoms with van der Waals surface area (Å²) in [7, 11) is 1.68. The van der Waals surface area contributed by atoms with Gasteiger partial charge in [-0.25, -0.2) is 9.50 Å². The van der Waals surface area contributed by atoms with E-state index in [1.165, 1.54) is 5.56 Å². The van der Waals surface area contributed by atoms with E-state index in [-0.39, 0.29) is 11.7 Å². The third-order valence-electron chi connectivity index (χ3n) is 5.52. The van der Waals surface area contributed by atoms with Crippen LogP contribution in [0.5, 0.6) is 5.75 Å². The molecule has 7 heteroatoms. The number of hydrogen-bond acceptors (Lipinski definition) is 5. The monoisotopic (exact) mass is 379 g/mol. The zero-order valence-electron chi connectivity index (χ0n) is 16.3. The summed E-state index contributed by atoms with van der Waals surface area (Å²) < 4.78 is 6.83. The van der Waals surface area contributed by atoms with Crippen LogP contribution in [-0.2, 0) is 6.42 Å². The number of methoxy groups -OCH3 is 1. The molecule has 0 N–H and O–H groups in total. The Hall–Kier alpha value is -2.96. The van der Waals surface area contributed by atoms with Crippen molar-refractivity contribution in [3.05, 3.63) is 53.6 Å². The molecule has 0 spiro atoms. The summed E-state index contributed by atoms with van der Waals surface area (Å²) in [6.07, 6.45) is 5.92. The Labute approximate surface area is 164 Å². The average Bonchev–Trinajstić information content (AvgIpc) is 3.18. The van der Waals surface area contributed by atoms with E-state index in [9.17, 15) is 4.79 Å². The molecule has 0 saturated carbocycles. The molecule has 28 heavy (non-hydrogen) atoms. The minimum Gasteiger partial charge on any atom is -0.497 e. The number of carbonyl (C=O) groups excluding carboxylic acids is 1. The van der Waals surface area contributed by atoms with Crippen molar-refractivity contribution in [2.45, 2.75) is 32.6 Å². The molecular formula is C21H25N5O2. The third-order valence-corrected chi connectivity index (χ3v) is 5.52. The Morgan fingerprint density at radius 1 is 1.18 bits per heavy atom. The van der Waals surface area contributed by atoms with Crippen LogP contribution in [-0.4, -0.2) is 50.6 Å². The van der Waals surface area contributed by atoms with Gasteiger partial charge in [-0.05, 0) is 62.3 Å². The van der Waals surface area contributed by atoms with E-state index in [0.29, 0.717) is 11.7 Å². The molecule has 1 fully saturated rings. The summed E-state index contributed by atoms with van der Waals surface area (Å²) in [5.41, 5.74) is 2.24. The zero-order valence-corrected chi connectivity index (χ0v) is 16.3.